The van der Waals surface area contributed by atoms with Crippen LogP contribution in [0.1, 0.15) is 41.8 Å². The maximum absolute atomic E-state index is 12.4. The van der Waals surface area contributed by atoms with Crippen molar-refractivity contribution < 1.29 is 23.7 Å². The van der Waals surface area contributed by atoms with Crippen LogP contribution in [0.15, 0.2) is 30.3 Å². The van der Waals surface area contributed by atoms with Crippen molar-refractivity contribution in [3.05, 3.63) is 58.3 Å². The molecule has 0 aliphatic carbocycles. The summed E-state index contributed by atoms with van der Waals surface area (Å²) in [5.41, 5.74) is 5.43. The van der Waals surface area contributed by atoms with Gasteiger partial charge in [-0.05, 0) is 64.8 Å². The third kappa shape index (κ3) is 5.19. The molecule has 2 aromatic carbocycles. The number of benzene rings is 2. The second-order valence-corrected chi connectivity index (χ2v) is 7.72. The molecule has 0 bridgehead atoms. The van der Waals surface area contributed by atoms with Crippen LogP contribution in [-0.4, -0.2) is 31.0 Å². The van der Waals surface area contributed by atoms with Crippen molar-refractivity contribution in [2.45, 2.75) is 48.0 Å². The molecule has 0 saturated carbocycles. The Morgan fingerprint density at radius 3 is 2.31 bits per heavy atom. The van der Waals surface area contributed by atoms with Crippen LogP contribution < -0.4 is 9.47 Å². The Morgan fingerprint density at radius 1 is 0.938 bits per heavy atom. The molecular formula is C26H31NO5. The minimum Gasteiger partial charge on any atom is -0.457 e. The largest absolute Gasteiger partial charge is 0.513 e. The van der Waals surface area contributed by atoms with Crippen molar-refractivity contribution in [2.75, 3.05) is 19.8 Å². The molecule has 0 N–H and O–H groups in total. The first kappa shape index (κ1) is 23.5. The zero-order chi connectivity index (χ0) is 23.3. The molecule has 6 nitrogen and oxygen atoms in total. The number of carbonyl (C=O) groups excluding carboxylic acids is 1. The Hall–Kier alpha value is -3.12. The summed E-state index contributed by atoms with van der Waals surface area (Å²) in [7, 11) is 0. The van der Waals surface area contributed by atoms with Crippen LogP contribution in [0.2, 0.25) is 0 Å². The Bertz CT molecular complexity index is 1110. The number of hydrogen-bond acceptors (Lipinski definition) is 6. The van der Waals surface area contributed by atoms with E-state index in [-0.39, 0.29) is 6.61 Å². The average Bonchev–Trinajstić information content (AvgIpc) is 2.77. The van der Waals surface area contributed by atoms with Gasteiger partial charge in [-0.15, -0.1) is 0 Å². The second kappa shape index (κ2) is 10.5. The quantitative estimate of drug-likeness (QED) is 0.301. The topological polar surface area (TPSA) is 66.9 Å². The molecule has 32 heavy (non-hydrogen) atoms. The van der Waals surface area contributed by atoms with E-state index in [0.717, 1.165) is 56.8 Å². The standard InChI is InChI=1S/C26H31NO5/c1-7-21-18(5)25(32-26(28)30-14-13-29-8-2)23-19(6)24(17(4)15-22(23)27-21)31-20-11-9-16(3)10-12-20/h9-12,15H,7-8,13-14H2,1-6H3. The van der Waals surface area contributed by atoms with Crippen LogP contribution in [0.5, 0.6) is 17.2 Å². The van der Waals surface area contributed by atoms with Gasteiger partial charge in [-0.3, -0.25) is 4.98 Å². The number of aromatic nitrogens is 1. The van der Waals surface area contributed by atoms with E-state index in [1.807, 2.05) is 71.9 Å². The first-order valence-electron chi connectivity index (χ1n) is 11.0. The van der Waals surface area contributed by atoms with Crippen molar-refractivity contribution in [2.24, 2.45) is 0 Å². The van der Waals surface area contributed by atoms with Gasteiger partial charge >= 0.3 is 6.16 Å². The number of fused-ring (bicyclic) bond motifs is 1. The average molecular weight is 438 g/mol. The lowest BCUT2D eigenvalue weighted by molar-refractivity contribution is 0.0561. The van der Waals surface area contributed by atoms with Gasteiger partial charge in [0.2, 0.25) is 0 Å². The number of ether oxygens (including phenoxy) is 4. The van der Waals surface area contributed by atoms with Crippen molar-refractivity contribution in [1.29, 1.82) is 0 Å². The summed E-state index contributed by atoms with van der Waals surface area (Å²) in [6.07, 6.45) is -0.0413. The predicted octanol–water partition coefficient (Wildman–Crippen LogP) is 6.38. The number of carbonyl (C=O) groups is 1. The third-order valence-electron chi connectivity index (χ3n) is 5.35. The summed E-state index contributed by atoms with van der Waals surface area (Å²) >= 11 is 0. The highest BCUT2D eigenvalue weighted by atomic mass is 16.7. The minimum atomic E-state index is -0.761. The number of aryl methyl sites for hydroxylation is 4. The van der Waals surface area contributed by atoms with E-state index in [4.69, 9.17) is 23.9 Å². The molecule has 0 fully saturated rings. The van der Waals surface area contributed by atoms with Gasteiger partial charge in [-0.1, -0.05) is 24.6 Å². The first-order chi connectivity index (χ1) is 15.3. The van der Waals surface area contributed by atoms with Crippen LogP contribution in [0.3, 0.4) is 0 Å². The van der Waals surface area contributed by atoms with Gasteiger partial charge in [0, 0.05) is 23.4 Å². The molecule has 0 spiro atoms. The third-order valence-corrected chi connectivity index (χ3v) is 5.35. The Kier molecular flexibility index (Phi) is 7.70. The van der Waals surface area contributed by atoms with Crippen molar-refractivity contribution in [1.82, 2.24) is 4.98 Å². The molecule has 3 rings (SSSR count). The summed E-state index contributed by atoms with van der Waals surface area (Å²) in [6, 6.07) is 9.86. The van der Waals surface area contributed by atoms with Gasteiger partial charge in [0.15, 0.2) is 0 Å². The molecule has 0 aliphatic heterocycles. The first-order valence-corrected chi connectivity index (χ1v) is 11.0. The molecule has 170 valence electrons. The van der Waals surface area contributed by atoms with Crippen molar-refractivity contribution in [3.63, 3.8) is 0 Å². The van der Waals surface area contributed by atoms with Gasteiger partial charge in [0.25, 0.3) is 0 Å². The Labute approximate surface area is 189 Å². The van der Waals surface area contributed by atoms with E-state index in [2.05, 4.69) is 0 Å². The van der Waals surface area contributed by atoms with Crippen LogP contribution >= 0.6 is 0 Å². The van der Waals surface area contributed by atoms with E-state index in [1.165, 1.54) is 0 Å². The van der Waals surface area contributed by atoms with E-state index >= 15 is 0 Å². The molecular weight excluding hydrogens is 406 g/mol. The van der Waals surface area contributed by atoms with E-state index < -0.39 is 6.16 Å². The van der Waals surface area contributed by atoms with E-state index in [0.29, 0.717) is 19.0 Å². The maximum atomic E-state index is 12.4. The number of nitrogens with zero attached hydrogens (tertiary/aromatic N) is 1. The number of pyridine rings is 1. The molecule has 0 saturated heterocycles. The molecule has 0 amide bonds. The second-order valence-electron chi connectivity index (χ2n) is 7.72. The summed E-state index contributed by atoms with van der Waals surface area (Å²) < 4.78 is 22.4. The summed E-state index contributed by atoms with van der Waals surface area (Å²) in [4.78, 5) is 17.2. The van der Waals surface area contributed by atoms with Crippen LogP contribution in [-0.2, 0) is 15.9 Å². The van der Waals surface area contributed by atoms with Gasteiger partial charge in [-0.2, -0.15) is 0 Å². The van der Waals surface area contributed by atoms with E-state index in [1.54, 1.807) is 0 Å². The lowest BCUT2D eigenvalue weighted by atomic mass is 9.99. The maximum Gasteiger partial charge on any atom is 0.513 e. The zero-order valence-electron chi connectivity index (χ0n) is 19.7. The normalized spacial score (nSPS) is 10.9. The Balaban J connectivity index is 2.04. The Morgan fingerprint density at radius 2 is 1.66 bits per heavy atom. The molecule has 1 aromatic heterocycles. The zero-order valence-corrected chi connectivity index (χ0v) is 19.7. The van der Waals surface area contributed by atoms with Crippen LogP contribution in [0, 0.1) is 27.7 Å². The fourth-order valence-corrected chi connectivity index (χ4v) is 3.66. The molecule has 1 heterocycles. The molecule has 6 heteroatoms. The van der Waals surface area contributed by atoms with Gasteiger partial charge in [-0.25, -0.2) is 4.79 Å². The highest BCUT2D eigenvalue weighted by Gasteiger charge is 2.21. The number of rotatable bonds is 8. The molecule has 0 unspecified atom stereocenters. The summed E-state index contributed by atoms with van der Waals surface area (Å²) in [5.74, 6) is 1.93. The van der Waals surface area contributed by atoms with Gasteiger partial charge < -0.3 is 18.9 Å². The fourth-order valence-electron chi connectivity index (χ4n) is 3.66. The van der Waals surface area contributed by atoms with Gasteiger partial charge in [0.1, 0.15) is 23.9 Å². The highest BCUT2D eigenvalue weighted by molar-refractivity contribution is 5.94. The molecule has 0 aliphatic rings. The highest BCUT2D eigenvalue weighted by Crippen LogP contribution is 2.40. The smallest absolute Gasteiger partial charge is 0.457 e. The summed E-state index contributed by atoms with van der Waals surface area (Å²) in [6.45, 7) is 12.8. The minimum absolute atomic E-state index is 0.134. The van der Waals surface area contributed by atoms with Crippen LogP contribution in [0.25, 0.3) is 10.9 Å². The molecule has 3 aromatic rings. The number of hydrogen-bond donors (Lipinski definition) is 0. The monoisotopic (exact) mass is 437 g/mol. The molecule has 0 atom stereocenters. The lowest BCUT2D eigenvalue weighted by Gasteiger charge is -2.19. The van der Waals surface area contributed by atoms with E-state index in [9.17, 15) is 4.79 Å². The fraction of sp³-hybridized carbons (Fsp3) is 0.385. The summed E-state index contributed by atoms with van der Waals surface area (Å²) in [5, 5.41) is 0.745. The molecule has 0 radical (unpaired) electrons. The van der Waals surface area contributed by atoms with Crippen molar-refractivity contribution >= 4 is 17.1 Å². The van der Waals surface area contributed by atoms with Crippen LogP contribution in [0.4, 0.5) is 4.79 Å². The SMILES string of the molecule is CCOCCOC(=O)Oc1c(C)c(CC)nc2cc(C)c(Oc3ccc(C)cc3)c(C)c12. The lowest BCUT2D eigenvalue weighted by Crippen LogP contribution is -2.16. The van der Waals surface area contributed by atoms with Crippen molar-refractivity contribution in [3.8, 4) is 17.2 Å². The predicted molar refractivity (Wildman–Crippen MR) is 125 cm³/mol. The van der Waals surface area contributed by atoms with Gasteiger partial charge in [0.05, 0.1) is 17.5 Å².